The molecule has 6 heteroatoms. The van der Waals surface area contributed by atoms with Crippen molar-refractivity contribution in [3.63, 3.8) is 0 Å². The van der Waals surface area contributed by atoms with Crippen LogP contribution in [0.25, 0.3) is 10.1 Å². The van der Waals surface area contributed by atoms with Crippen LogP contribution >= 0.6 is 11.3 Å². The quantitative estimate of drug-likeness (QED) is 0.834. The molecule has 0 radical (unpaired) electrons. The highest BCUT2D eigenvalue weighted by molar-refractivity contribution is 7.21. The minimum Gasteiger partial charge on any atom is -0.397 e. The van der Waals surface area contributed by atoms with Gasteiger partial charge < -0.3 is 15.8 Å². The minimum atomic E-state index is -0.404. The van der Waals surface area contributed by atoms with Crippen molar-refractivity contribution in [3.05, 3.63) is 28.9 Å². The zero-order valence-corrected chi connectivity index (χ0v) is 12.2. The number of rotatable bonds is 5. The van der Waals surface area contributed by atoms with Crippen LogP contribution < -0.4 is 11.1 Å². The first-order valence-electron chi connectivity index (χ1n) is 6.37. The number of hydrogen-bond donors (Lipinski definition) is 2. The molecule has 0 bridgehead atoms. The number of thiophene rings is 1. The van der Waals surface area contributed by atoms with Gasteiger partial charge in [-0.2, -0.15) is 0 Å². The number of nitrogens with one attached hydrogen (secondary N) is 1. The number of carbonyl (C=O) groups excluding carboxylic acids is 1. The predicted molar refractivity (Wildman–Crippen MR) is 79.6 cm³/mol. The lowest BCUT2D eigenvalue weighted by Crippen LogP contribution is -2.27. The molecule has 0 spiro atoms. The number of hydrogen-bond acceptors (Lipinski definition) is 4. The lowest BCUT2D eigenvalue weighted by Gasteiger charge is -2.08. The van der Waals surface area contributed by atoms with E-state index < -0.39 is 5.82 Å². The number of nitrogen functional groups attached to an aromatic ring is 1. The number of ether oxygens (including phenoxy) is 1. The second kappa shape index (κ2) is 6.19. The SMILES string of the molecule is CC(C)OCCNC(=O)c1sc2cccc(F)c2c1N. The molecule has 1 amide bonds. The van der Waals surface area contributed by atoms with Crippen molar-refractivity contribution >= 4 is 33.0 Å². The molecule has 0 saturated carbocycles. The van der Waals surface area contributed by atoms with E-state index in [4.69, 9.17) is 10.5 Å². The van der Waals surface area contributed by atoms with Crippen molar-refractivity contribution in [2.45, 2.75) is 20.0 Å². The van der Waals surface area contributed by atoms with E-state index in [2.05, 4.69) is 5.32 Å². The van der Waals surface area contributed by atoms with Crippen LogP contribution in [0.3, 0.4) is 0 Å². The Labute approximate surface area is 120 Å². The molecule has 1 aromatic heterocycles. The first-order chi connectivity index (χ1) is 9.50. The van der Waals surface area contributed by atoms with Gasteiger partial charge in [0.15, 0.2) is 0 Å². The molecule has 0 unspecified atom stereocenters. The molecule has 0 aliphatic carbocycles. The summed E-state index contributed by atoms with van der Waals surface area (Å²) in [6, 6.07) is 4.69. The lowest BCUT2D eigenvalue weighted by atomic mass is 10.2. The van der Waals surface area contributed by atoms with Gasteiger partial charge in [0.25, 0.3) is 5.91 Å². The summed E-state index contributed by atoms with van der Waals surface area (Å²) in [5, 5.41) is 3.04. The Morgan fingerprint density at radius 2 is 2.25 bits per heavy atom. The summed E-state index contributed by atoms with van der Waals surface area (Å²) in [7, 11) is 0. The van der Waals surface area contributed by atoms with Gasteiger partial charge in [0.1, 0.15) is 10.7 Å². The monoisotopic (exact) mass is 296 g/mol. The molecule has 0 atom stereocenters. The zero-order chi connectivity index (χ0) is 14.7. The largest absolute Gasteiger partial charge is 0.397 e. The number of nitrogens with two attached hydrogens (primary N) is 1. The maximum Gasteiger partial charge on any atom is 0.263 e. The van der Waals surface area contributed by atoms with E-state index in [1.807, 2.05) is 13.8 Å². The van der Waals surface area contributed by atoms with Crippen LogP contribution in [0.4, 0.5) is 10.1 Å². The van der Waals surface area contributed by atoms with Gasteiger partial charge >= 0.3 is 0 Å². The number of benzene rings is 1. The number of anilines is 1. The van der Waals surface area contributed by atoms with Crippen molar-refractivity contribution in [1.82, 2.24) is 5.32 Å². The molecule has 2 rings (SSSR count). The Kier molecular flexibility index (Phi) is 4.57. The van der Waals surface area contributed by atoms with E-state index in [0.717, 1.165) is 0 Å². The second-order valence-electron chi connectivity index (χ2n) is 4.63. The van der Waals surface area contributed by atoms with Crippen LogP contribution in [0.15, 0.2) is 18.2 Å². The van der Waals surface area contributed by atoms with E-state index in [1.165, 1.54) is 17.4 Å². The molecule has 0 fully saturated rings. The van der Waals surface area contributed by atoms with Crippen LogP contribution in [0.2, 0.25) is 0 Å². The zero-order valence-electron chi connectivity index (χ0n) is 11.4. The Bertz CT molecular complexity index is 625. The molecule has 3 N–H and O–H groups in total. The fourth-order valence-electron chi connectivity index (χ4n) is 1.84. The maximum absolute atomic E-state index is 13.7. The highest BCUT2D eigenvalue weighted by atomic mass is 32.1. The lowest BCUT2D eigenvalue weighted by molar-refractivity contribution is 0.0748. The van der Waals surface area contributed by atoms with Gasteiger partial charge in [-0.05, 0) is 26.0 Å². The van der Waals surface area contributed by atoms with Crippen LogP contribution in [0, 0.1) is 5.82 Å². The summed E-state index contributed by atoms with van der Waals surface area (Å²) in [6.07, 6.45) is 0.121. The van der Waals surface area contributed by atoms with Gasteiger partial charge in [0, 0.05) is 11.2 Å². The van der Waals surface area contributed by atoms with Crippen molar-refractivity contribution in [2.24, 2.45) is 0 Å². The molecule has 20 heavy (non-hydrogen) atoms. The van der Waals surface area contributed by atoms with Crippen molar-refractivity contribution < 1.29 is 13.9 Å². The Morgan fingerprint density at radius 1 is 1.50 bits per heavy atom. The van der Waals surface area contributed by atoms with Crippen LogP contribution in [-0.4, -0.2) is 25.2 Å². The van der Waals surface area contributed by atoms with Crippen LogP contribution in [0.5, 0.6) is 0 Å². The molecule has 1 aromatic carbocycles. The van der Waals surface area contributed by atoms with E-state index in [-0.39, 0.29) is 17.7 Å². The third-order valence-electron chi connectivity index (χ3n) is 2.75. The summed E-state index contributed by atoms with van der Waals surface area (Å²) in [5.41, 5.74) is 6.07. The van der Waals surface area contributed by atoms with E-state index >= 15 is 0 Å². The molecule has 0 aliphatic rings. The number of carbonyl (C=O) groups is 1. The number of halogens is 1. The molecular formula is C14H17FN2O2S. The Morgan fingerprint density at radius 3 is 2.90 bits per heavy atom. The van der Waals surface area contributed by atoms with E-state index in [0.29, 0.717) is 28.1 Å². The van der Waals surface area contributed by atoms with Gasteiger partial charge in [-0.15, -0.1) is 11.3 Å². The molecule has 1 heterocycles. The smallest absolute Gasteiger partial charge is 0.263 e. The molecule has 0 aliphatic heterocycles. The van der Waals surface area contributed by atoms with Gasteiger partial charge in [-0.3, -0.25) is 4.79 Å². The van der Waals surface area contributed by atoms with Gasteiger partial charge in [-0.25, -0.2) is 4.39 Å². The topological polar surface area (TPSA) is 64.3 Å². The van der Waals surface area contributed by atoms with Crippen LogP contribution in [0.1, 0.15) is 23.5 Å². The molecule has 4 nitrogen and oxygen atoms in total. The second-order valence-corrected chi connectivity index (χ2v) is 5.69. The molecular weight excluding hydrogens is 279 g/mol. The fourth-order valence-corrected chi connectivity index (χ4v) is 2.89. The van der Waals surface area contributed by atoms with Gasteiger partial charge in [0.2, 0.25) is 0 Å². The summed E-state index contributed by atoms with van der Waals surface area (Å²) < 4.78 is 19.7. The Hall–Kier alpha value is -1.66. The summed E-state index contributed by atoms with van der Waals surface area (Å²) >= 11 is 1.19. The first-order valence-corrected chi connectivity index (χ1v) is 7.18. The number of fused-ring (bicyclic) bond motifs is 1. The average Bonchev–Trinajstić information content (AvgIpc) is 2.73. The minimum absolute atomic E-state index is 0.121. The molecule has 2 aromatic rings. The standard InChI is InChI=1S/C14H17FN2O2S/c1-8(2)19-7-6-17-14(18)13-12(16)11-9(15)4-3-5-10(11)20-13/h3-5,8H,6-7,16H2,1-2H3,(H,17,18). The normalized spacial score (nSPS) is 11.2. The highest BCUT2D eigenvalue weighted by Gasteiger charge is 2.18. The van der Waals surface area contributed by atoms with Crippen LogP contribution in [-0.2, 0) is 4.74 Å². The van der Waals surface area contributed by atoms with Crippen molar-refractivity contribution in [3.8, 4) is 0 Å². The summed E-state index contributed by atoms with van der Waals surface area (Å²) in [4.78, 5) is 12.4. The third-order valence-corrected chi connectivity index (χ3v) is 3.92. The van der Waals surface area contributed by atoms with Gasteiger partial charge in [0.05, 0.1) is 23.8 Å². The highest BCUT2D eigenvalue weighted by Crippen LogP contribution is 2.35. The summed E-state index contributed by atoms with van der Waals surface area (Å²) in [5.74, 6) is -0.700. The van der Waals surface area contributed by atoms with Crippen molar-refractivity contribution in [2.75, 3.05) is 18.9 Å². The predicted octanol–water partition coefficient (Wildman–Crippen LogP) is 2.78. The van der Waals surface area contributed by atoms with Crippen molar-refractivity contribution in [1.29, 1.82) is 0 Å². The first kappa shape index (κ1) is 14.7. The molecule has 0 saturated heterocycles. The Balaban J connectivity index is 2.11. The molecule has 108 valence electrons. The van der Waals surface area contributed by atoms with E-state index in [1.54, 1.807) is 12.1 Å². The third kappa shape index (κ3) is 3.08. The fraction of sp³-hybridized carbons (Fsp3) is 0.357. The van der Waals surface area contributed by atoms with Gasteiger partial charge in [-0.1, -0.05) is 6.07 Å². The average molecular weight is 296 g/mol. The maximum atomic E-state index is 13.7. The summed E-state index contributed by atoms with van der Waals surface area (Å²) in [6.45, 7) is 4.68. The number of amides is 1. The van der Waals surface area contributed by atoms with E-state index in [9.17, 15) is 9.18 Å².